The Kier molecular flexibility index (Phi) is 7.05. The number of likely N-dealkylation sites (N-methyl/N-ethyl adjacent to an activating group) is 1. The van der Waals surface area contributed by atoms with E-state index in [1.807, 2.05) is 36.2 Å². The Morgan fingerprint density at radius 3 is 2.68 bits per heavy atom. The predicted molar refractivity (Wildman–Crippen MR) is 144 cm³/mol. The smallest absolute Gasteiger partial charge is 0.295 e. The Balaban J connectivity index is 1.62. The van der Waals surface area contributed by atoms with Crippen LogP contribution in [0.1, 0.15) is 36.6 Å². The van der Waals surface area contributed by atoms with Crippen molar-refractivity contribution in [1.82, 2.24) is 9.88 Å². The van der Waals surface area contributed by atoms with Crippen LogP contribution >= 0.6 is 0 Å². The molecule has 2 aliphatic heterocycles. The number of likely N-dealkylation sites (tertiary alicyclic amines) is 1. The number of amides is 1. The van der Waals surface area contributed by atoms with E-state index in [-0.39, 0.29) is 17.9 Å². The summed E-state index contributed by atoms with van der Waals surface area (Å²) in [4.78, 5) is 34.4. The number of aliphatic hydroxyl groups is 1. The van der Waals surface area contributed by atoms with Gasteiger partial charge in [-0.15, -0.1) is 0 Å². The van der Waals surface area contributed by atoms with Crippen LogP contribution < -0.4 is 14.4 Å². The molecule has 0 bridgehead atoms. The van der Waals surface area contributed by atoms with Crippen molar-refractivity contribution >= 4 is 23.1 Å². The van der Waals surface area contributed by atoms with Gasteiger partial charge in [-0.3, -0.25) is 14.6 Å². The van der Waals surface area contributed by atoms with E-state index in [4.69, 9.17) is 9.47 Å². The maximum absolute atomic E-state index is 13.5. The van der Waals surface area contributed by atoms with Crippen molar-refractivity contribution in [1.29, 1.82) is 0 Å². The van der Waals surface area contributed by atoms with E-state index in [1.54, 1.807) is 42.7 Å². The second-order valence-corrected chi connectivity index (χ2v) is 10.0. The molecule has 2 aliphatic rings. The number of pyridine rings is 1. The number of aromatic nitrogens is 1. The molecule has 1 N–H and O–H groups in total. The maximum Gasteiger partial charge on any atom is 0.295 e. The summed E-state index contributed by atoms with van der Waals surface area (Å²) in [7, 11) is 1.95. The zero-order valence-corrected chi connectivity index (χ0v) is 21.8. The van der Waals surface area contributed by atoms with Crippen LogP contribution in [0.5, 0.6) is 11.5 Å². The molecule has 196 valence electrons. The highest BCUT2D eigenvalue weighted by Crippen LogP contribution is 2.42. The molecule has 1 fully saturated rings. The number of hydrogen-bond acceptors (Lipinski definition) is 7. The van der Waals surface area contributed by atoms with E-state index in [9.17, 15) is 14.7 Å². The number of Topliss-reactive ketones (excluding diaryl/α,β-unsaturated/α-hetero) is 1. The summed E-state index contributed by atoms with van der Waals surface area (Å²) in [6, 6.07) is 15.5. The summed E-state index contributed by atoms with van der Waals surface area (Å²) >= 11 is 0. The summed E-state index contributed by atoms with van der Waals surface area (Å²) < 4.78 is 11.7. The molecule has 0 spiro atoms. The van der Waals surface area contributed by atoms with Crippen molar-refractivity contribution in [3.8, 4) is 11.5 Å². The zero-order valence-electron chi connectivity index (χ0n) is 21.8. The number of carbonyl (C=O) groups is 2. The van der Waals surface area contributed by atoms with Crippen molar-refractivity contribution in [2.24, 2.45) is 5.92 Å². The third-order valence-corrected chi connectivity index (χ3v) is 6.73. The molecule has 1 saturated heterocycles. The van der Waals surface area contributed by atoms with Crippen LogP contribution in [-0.4, -0.2) is 53.5 Å². The molecule has 3 heterocycles. The van der Waals surface area contributed by atoms with Crippen LogP contribution in [0.15, 0.2) is 72.6 Å². The summed E-state index contributed by atoms with van der Waals surface area (Å²) in [5.41, 5.74) is 2.81. The average molecular weight is 514 g/mol. The lowest BCUT2D eigenvalue weighted by Crippen LogP contribution is -2.29. The number of ketones is 1. The normalized spacial score (nSPS) is 18.5. The van der Waals surface area contributed by atoms with Gasteiger partial charge < -0.3 is 24.4 Å². The Morgan fingerprint density at radius 1 is 1.13 bits per heavy atom. The van der Waals surface area contributed by atoms with Crippen molar-refractivity contribution in [3.63, 3.8) is 0 Å². The molecule has 0 saturated carbocycles. The second kappa shape index (κ2) is 10.6. The maximum atomic E-state index is 13.5. The van der Waals surface area contributed by atoms with Gasteiger partial charge in [-0.05, 0) is 59.5 Å². The van der Waals surface area contributed by atoms with Gasteiger partial charge in [0.2, 0.25) is 0 Å². The van der Waals surface area contributed by atoms with Crippen LogP contribution in [0.2, 0.25) is 0 Å². The highest BCUT2D eigenvalue weighted by Gasteiger charge is 2.46. The minimum Gasteiger partial charge on any atom is -0.507 e. The fraction of sp³-hybridized carbons (Fsp3) is 0.300. The van der Waals surface area contributed by atoms with Crippen LogP contribution in [0.4, 0.5) is 5.69 Å². The number of fused-ring (bicyclic) bond motifs is 1. The van der Waals surface area contributed by atoms with Crippen LogP contribution in [0.3, 0.4) is 0 Å². The number of benzene rings is 2. The number of aliphatic hydroxyl groups excluding tert-OH is 1. The summed E-state index contributed by atoms with van der Waals surface area (Å²) in [5, 5.41) is 11.5. The third kappa shape index (κ3) is 4.94. The number of rotatable bonds is 7. The molecule has 3 aromatic rings. The Morgan fingerprint density at radius 2 is 1.92 bits per heavy atom. The molecule has 0 radical (unpaired) electrons. The largest absolute Gasteiger partial charge is 0.507 e. The number of carbonyl (C=O) groups excluding carboxylic acids is 2. The van der Waals surface area contributed by atoms with E-state index in [0.717, 1.165) is 11.3 Å². The molecule has 8 nitrogen and oxygen atoms in total. The minimum atomic E-state index is -0.796. The van der Waals surface area contributed by atoms with Crippen LogP contribution in [0, 0.1) is 5.92 Å². The molecule has 2 aromatic carbocycles. The first-order valence-electron chi connectivity index (χ1n) is 12.7. The van der Waals surface area contributed by atoms with Gasteiger partial charge in [0.25, 0.3) is 11.7 Å². The van der Waals surface area contributed by atoms with Crippen molar-refractivity contribution in [2.45, 2.75) is 26.4 Å². The summed E-state index contributed by atoms with van der Waals surface area (Å²) in [6.45, 7) is 6.13. The molecular weight excluding hydrogens is 482 g/mol. The molecule has 38 heavy (non-hydrogen) atoms. The SMILES string of the molecule is CC(C)COc1cccc(C2/C(=C(/O)c3ccc4c(c3)N(C)CCO4)C(=O)C(=O)N2Cc2ccncc2)c1. The highest BCUT2D eigenvalue weighted by molar-refractivity contribution is 6.46. The quantitative estimate of drug-likeness (QED) is 0.281. The topological polar surface area (TPSA) is 92.2 Å². The Hall–Kier alpha value is -4.33. The lowest BCUT2D eigenvalue weighted by atomic mass is 9.94. The highest BCUT2D eigenvalue weighted by atomic mass is 16.5. The van der Waals surface area contributed by atoms with E-state index in [1.165, 1.54) is 4.90 Å². The fourth-order valence-corrected chi connectivity index (χ4v) is 4.77. The van der Waals surface area contributed by atoms with Gasteiger partial charge in [-0.25, -0.2) is 0 Å². The van der Waals surface area contributed by atoms with Gasteiger partial charge in [-0.1, -0.05) is 26.0 Å². The first-order valence-corrected chi connectivity index (χ1v) is 12.7. The average Bonchev–Trinajstić information content (AvgIpc) is 3.17. The second-order valence-electron chi connectivity index (χ2n) is 10.0. The van der Waals surface area contributed by atoms with Crippen molar-refractivity contribution < 1.29 is 24.2 Å². The van der Waals surface area contributed by atoms with Gasteiger partial charge in [0.05, 0.1) is 30.5 Å². The molecule has 1 amide bonds. The lowest BCUT2D eigenvalue weighted by Gasteiger charge is -2.28. The summed E-state index contributed by atoms with van der Waals surface area (Å²) in [5.74, 6) is 0.0684. The Labute approximate surface area is 222 Å². The molecule has 0 aliphatic carbocycles. The molecule has 1 unspecified atom stereocenters. The first kappa shape index (κ1) is 25.3. The monoisotopic (exact) mass is 513 g/mol. The van der Waals surface area contributed by atoms with E-state index >= 15 is 0 Å². The lowest BCUT2D eigenvalue weighted by molar-refractivity contribution is -0.140. The number of hydrogen-bond donors (Lipinski definition) is 1. The fourth-order valence-electron chi connectivity index (χ4n) is 4.77. The molecule has 1 atom stereocenters. The molecule has 5 rings (SSSR count). The zero-order chi connectivity index (χ0) is 26.8. The molecule has 8 heteroatoms. The van der Waals surface area contributed by atoms with Gasteiger partial charge in [0.15, 0.2) is 0 Å². The number of anilines is 1. The molecule has 1 aromatic heterocycles. The van der Waals surface area contributed by atoms with E-state index in [0.29, 0.717) is 48.3 Å². The van der Waals surface area contributed by atoms with E-state index < -0.39 is 17.7 Å². The van der Waals surface area contributed by atoms with Gasteiger partial charge >= 0.3 is 0 Å². The standard InChI is InChI=1S/C30H31N3O5/c1-19(2)18-38-23-6-4-5-21(15-23)27-26(29(35)30(36)33(27)17-20-9-11-31-12-10-20)28(34)22-7-8-25-24(16-22)32(3)13-14-37-25/h4-12,15-16,19,27,34H,13-14,17-18H2,1-3H3/b28-26-. The first-order chi connectivity index (χ1) is 18.3. The van der Waals surface area contributed by atoms with Gasteiger partial charge in [-0.2, -0.15) is 0 Å². The predicted octanol–water partition coefficient (Wildman–Crippen LogP) is 4.57. The Bertz CT molecular complexity index is 1390. The summed E-state index contributed by atoms with van der Waals surface area (Å²) in [6.07, 6.45) is 3.29. The van der Waals surface area contributed by atoms with E-state index in [2.05, 4.69) is 18.8 Å². The molecular formula is C30H31N3O5. The number of ether oxygens (including phenoxy) is 2. The van der Waals surface area contributed by atoms with Crippen LogP contribution in [0.25, 0.3) is 5.76 Å². The van der Waals surface area contributed by atoms with Crippen molar-refractivity contribution in [2.75, 3.05) is 31.7 Å². The van der Waals surface area contributed by atoms with Crippen LogP contribution in [-0.2, 0) is 16.1 Å². The van der Waals surface area contributed by atoms with Crippen molar-refractivity contribution in [3.05, 3.63) is 89.3 Å². The third-order valence-electron chi connectivity index (χ3n) is 6.73. The van der Waals surface area contributed by atoms with Gasteiger partial charge in [0, 0.05) is 31.5 Å². The number of nitrogens with zero attached hydrogens (tertiary/aromatic N) is 3. The minimum absolute atomic E-state index is 0.0457. The van der Waals surface area contributed by atoms with Gasteiger partial charge in [0.1, 0.15) is 23.9 Å².